The zero-order valence-electron chi connectivity index (χ0n) is 21.4. The number of halogens is 1. The summed E-state index contributed by atoms with van der Waals surface area (Å²) in [7, 11) is 1.74. The van der Waals surface area contributed by atoms with Crippen LogP contribution in [-0.2, 0) is 7.05 Å². The third-order valence-corrected chi connectivity index (χ3v) is 7.71. The van der Waals surface area contributed by atoms with Crippen molar-refractivity contribution in [2.24, 2.45) is 7.05 Å². The Balaban J connectivity index is 1.32. The molecule has 1 saturated heterocycles. The largest absolute Gasteiger partial charge is 0.490 e. The number of aromatic nitrogens is 4. The summed E-state index contributed by atoms with van der Waals surface area (Å²) in [4.78, 5) is 24.5. The molecular formula is C28H32FN5O3. The summed E-state index contributed by atoms with van der Waals surface area (Å²) in [5.41, 5.74) is 2.69. The molecule has 4 aromatic rings. The minimum Gasteiger partial charge on any atom is -0.490 e. The number of hydrogen-bond acceptors (Lipinski definition) is 6. The maximum atomic E-state index is 15.5. The molecule has 0 radical (unpaired) electrons. The van der Waals surface area contributed by atoms with Gasteiger partial charge in [-0.25, -0.2) is 14.2 Å². The molecule has 0 amide bonds. The van der Waals surface area contributed by atoms with Gasteiger partial charge in [-0.15, -0.1) is 0 Å². The number of hydrogen-bond donors (Lipinski definition) is 0. The first kappa shape index (κ1) is 23.9. The van der Waals surface area contributed by atoms with Gasteiger partial charge < -0.3 is 14.4 Å². The van der Waals surface area contributed by atoms with Crippen LogP contribution in [0, 0.1) is 5.82 Å². The molecule has 0 saturated carbocycles. The quantitative estimate of drug-likeness (QED) is 0.340. The van der Waals surface area contributed by atoms with Gasteiger partial charge in [-0.05, 0) is 44.8 Å². The fourth-order valence-corrected chi connectivity index (χ4v) is 5.68. The van der Waals surface area contributed by atoms with Crippen LogP contribution >= 0.6 is 0 Å². The maximum absolute atomic E-state index is 15.5. The van der Waals surface area contributed by atoms with E-state index in [1.54, 1.807) is 34.6 Å². The van der Waals surface area contributed by atoms with Gasteiger partial charge in [0.05, 0.1) is 46.3 Å². The summed E-state index contributed by atoms with van der Waals surface area (Å²) in [5.74, 6) is 0.480. The average molecular weight is 506 g/mol. The second-order valence-electron chi connectivity index (χ2n) is 10.0. The second-order valence-corrected chi connectivity index (χ2v) is 10.0. The Bertz CT molecular complexity index is 1510. The van der Waals surface area contributed by atoms with E-state index < -0.39 is 5.82 Å². The van der Waals surface area contributed by atoms with E-state index in [-0.39, 0.29) is 18.3 Å². The van der Waals surface area contributed by atoms with Gasteiger partial charge in [0.2, 0.25) is 5.88 Å². The van der Waals surface area contributed by atoms with E-state index in [0.717, 1.165) is 18.5 Å². The first-order valence-electron chi connectivity index (χ1n) is 13.2. The van der Waals surface area contributed by atoms with Crippen LogP contribution in [0.2, 0.25) is 0 Å². The van der Waals surface area contributed by atoms with Gasteiger partial charge in [0, 0.05) is 37.5 Å². The number of likely N-dealkylation sites (tertiary alicyclic amines) is 1. The van der Waals surface area contributed by atoms with Gasteiger partial charge in [0.15, 0.2) is 0 Å². The molecule has 37 heavy (non-hydrogen) atoms. The number of pyridine rings is 2. The van der Waals surface area contributed by atoms with Crippen molar-refractivity contribution in [2.45, 2.75) is 45.1 Å². The normalized spacial score (nSPS) is 17.9. The summed E-state index contributed by atoms with van der Waals surface area (Å²) in [6.07, 6.45) is 8.81. The Kier molecular flexibility index (Phi) is 6.32. The number of benzene rings is 1. The first-order valence-corrected chi connectivity index (χ1v) is 13.2. The van der Waals surface area contributed by atoms with Gasteiger partial charge in [0.1, 0.15) is 18.2 Å². The average Bonchev–Trinajstić information content (AvgIpc) is 3.06. The molecule has 6 rings (SSSR count). The van der Waals surface area contributed by atoms with Crippen LogP contribution in [0.25, 0.3) is 33.1 Å². The topological polar surface area (TPSA) is 74.4 Å². The highest BCUT2D eigenvalue weighted by Gasteiger charge is 2.29. The molecule has 0 unspecified atom stereocenters. The highest BCUT2D eigenvalue weighted by atomic mass is 19.1. The lowest BCUT2D eigenvalue weighted by atomic mass is 10.0. The third kappa shape index (κ3) is 4.15. The Morgan fingerprint density at radius 3 is 2.76 bits per heavy atom. The lowest BCUT2D eigenvalue weighted by Gasteiger charge is -2.26. The summed E-state index contributed by atoms with van der Waals surface area (Å²) in [6.45, 7) is 6.26. The van der Waals surface area contributed by atoms with E-state index in [9.17, 15) is 4.79 Å². The third-order valence-electron chi connectivity index (χ3n) is 7.71. The van der Waals surface area contributed by atoms with Crippen molar-refractivity contribution in [3.8, 4) is 22.8 Å². The minimum atomic E-state index is -0.439. The SMILES string of the molecule is CC[C@H]1COc2c(-c3ccc(OCCCN4CCCCC4)nc3)c(F)cc3ncc4c(c23)n1c(=O)n4C. The van der Waals surface area contributed by atoms with Crippen molar-refractivity contribution < 1.29 is 13.9 Å². The molecule has 0 N–H and O–H groups in total. The lowest BCUT2D eigenvalue weighted by molar-refractivity contribution is 0.203. The summed E-state index contributed by atoms with van der Waals surface area (Å²) >= 11 is 0. The standard InChI is InChI=1S/C28H32FN5O3/c1-3-19-17-37-27-24(18-8-9-23(31-15-18)36-13-7-12-33-10-5-4-6-11-33)20(29)14-21-25(27)26-22(16-30-21)32(2)28(35)34(19)26/h8-9,14-16,19H,3-7,10-13,17H2,1-2H3/t19-/m0/s1. The van der Waals surface area contributed by atoms with Crippen LogP contribution in [0.5, 0.6) is 11.6 Å². The number of aryl methyl sites for hydroxylation is 1. The number of ether oxygens (including phenoxy) is 2. The highest BCUT2D eigenvalue weighted by molar-refractivity contribution is 6.09. The molecule has 0 bridgehead atoms. The molecule has 5 heterocycles. The van der Waals surface area contributed by atoms with Gasteiger partial charge in [-0.3, -0.25) is 14.1 Å². The molecule has 1 fully saturated rings. The number of rotatable bonds is 7. The van der Waals surface area contributed by atoms with Crippen LogP contribution < -0.4 is 15.2 Å². The Morgan fingerprint density at radius 1 is 1.16 bits per heavy atom. The molecule has 194 valence electrons. The molecule has 2 aliphatic rings. The fraction of sp³-hybridized carbons (Fsp3) is 0.464. The van der Waals surface area contributed by atoms with Gasteiger partial charge in [-0.1, -0.05) is 13.3 Å². The van der Waals surface area contributed by atoms with E-state index in [4.69, 9.17) is 9.47 Å². The van der Waals surface area contributed by atoms with Crippen LogP contribution in [0.1, 0.15) is 45.1 Å². The number of nitrogens with zero attached hydrogens (tertiary/aromatic N) is 5. The molecule has 1 aromatic carbocycles. The Hall–Kier alpha value is -3.46. The van der Waals surface area contributed by atoms with Gasteiger partial charge in [0.25, 0.3) is 0 Å². The van der Waals surface area contributed by atoms with Crippen molar-refractivity contribution >= 4 is 21.9 Å². The number of imidazole rings is 1. The molecule has 2 aliphatic heterocycles. The predicted molar refractivity (Wildman–Crippen MR) is 141 cm³/mol. The monoisotopic (exact) mass is 505 g/mol. The van der Waals surface area contributed by atoms with Gasteiger partial charge in [-0.2, -0.15) is 0 Å². The molecule has 1 atom stereocenters. The highest BCUT2D eigenvalue weighted by Crippen LogP contribution is 2.44. The molecule has 3 aromatic heterocycles. The van der Waals surface area contributed by atoms with E-state index in [1.807, 2.05) is 13.0 Å². The molecule has 0 spiro atoms. The minimum absolute atomic E-state index is 0.123. The van der Waals surface area contributed by atoms with Crippen LogP contribution in [0.3, 0.4) is 0 Å². The molecule has 0 aliphatic carbocycles. The van der Waals surface area contributed by atoms with Gasteiger partial charge >= 0.3 is 5.69 Å². The van der Waals surface area contributed by atoms with Crippen molar-refractivity contribution in [3.63, 3.8) is 0 Å². The van der Waals surface area contributed by atoms with Crippen molar-refractivity contribution in [3.05, 3.63) is 46.9 Å². The predicted octanol–water partition coefficient (Wildman–Crippen LogP) is 4.69. The maximum Gasteiger partial charge on any atom is 0.329 e. The Labute approximate surface area is 214 Å². The summed E-state index contributed by atoms with van der Waals surface area (Å²) in [6, 6.07) is 4.83. The molecule has 8 nitrogen and oxygen atoms in total. The van der Waals surface area contributed by atoms with Crippen molar-refractivity contribution in [1.82, 2.24) is 24.0 Å². The van der Waals surface area contributed by atoms with E-state index >= 15 is 4.39 Å². The van der Waals surface area contributed by atoms with Crippen LogP contribution in [0.4, 0.5) is 4.39 Å². The van der Waals surface area contributed by atoms with Crippen molar-refractivity contribution in [1.29, 1.82) is 0 Å². The molecular weight excluding hydrogens is 473 g/mol. The van der Waals surface area contributed by atoms with E-state index in [2.05, 4.69) is 14.9 Å². The fourth-order valence-electron chi connectivity index (χ4n) is 5.68. The lowest BCUT2D eigenvalue weighted by Crippen LogP contribution is -2.31. The van der Waals surface area contributed by atoms with Crippen molar-refractivity contribution in [2.75, 3.05) is 32.8 Å². The summed E-state index contributed by atoms with van der Waals surface area (Å²) in [5, 5.41) is 0.653. The van der Waals surface area contributed by atoms with E-state index in [1.165, 1.54) is 38.4 Å². The Morgan fingerprint density at radius 2 is 2.00 bits per heavy atom. The zero-order chi connectivity index (χ0) is 25.5. The van der Waals surface area contributed by atoms with Crippen LogP contribution in [0.15, 0.2) is 35.4 Å². The first-order chi connectivity index (χ1) is 18.1. The second kappa shape index (κ2) is 9.78. The van der Waals surface area contributed by atoms with Crippen LogP contribution in [-0.4, -0.2) is 56.9 Å². The smallest absolute Gasteiger partial charge is 0.329 e. The number of piperidine rings is 1. The zero-order valence-corrected chi connectivity index (χ0v) is 21.4. The summed E-state index contributed by atoms with van der Waals surface area (Å²) < 4.78 is 31.0. The van der Waals surface area contributed by atoms with E-state index in [0.29, 0.717) is 52.2 Å². The molecule has 9 heteroatoms.